The Morgan fingerprint density at radius 1 is 0.774 bits per heavy atom. The number of nitrogens with zero attached hydrogens (tertiary/aromatic N) is 2. The van der Waals surface area contributed by atoms with E-state index in [1.165, 1.54) is 0 Å². The molecule has 0 aromatic heterocycles. The van der Waals surface area contributed by atoms with Crippen molar-refractivity contribution in [1.82, 2.24) is 9.80 Å². The first-order valence-electron chi connectivity index (χ1n) is 11.4. The maximum absolute atomic E-state index is 11.9. The first-order chi connectivity index (χ1) is 15.1. The number of ether oxygens (including phenoxy) is 1. The molecule has 2 aromatic carbocycles. The van der Waals surface area contributed by atoms with Gasteiger partial charge in [0, 0.05) is 18.7 Å². The van der Waals surface area contributed by atoms with Gasteiger partial charge in [-0.25, -0.2) is 0 Å². The minimum atomic E-state index is -1.08. The molecule has 0 saturated heterocycles. The third-order valence-electron chi connectivity index (χ3n) is 5.31. The Labute approximate surface area is 188 Å². The van der Waals surface area contributed by atoms with Crippen LogP contribution in [0.4, 0.5) is 0 Å². The SMILES string of the molecule is CCN(CC)CCOCCN(CC)CC.O=C(c1ccccc1)C(O)c1ccccc1. The molecule has 31 heavy (non-hydrogen) atoms. The number of aliphatic hydroxyl groups is 1. The third kappa shape index (κ3) is 10.7. The fourth-order valence-corrected chi connectivity index (χ4v) is 3.12. The molecule has 2 rings (SSSR count). The van der Waals surface area contributed by atoms with Gasteiger partial charge in [0.2, 0.25) is 0 Å². The van der Waals surface area contributed by atoms with Crippen LogP contribution in [-0.4, -0.2) is 73.2 Å². The average molecular weight is 429 g/mol. The number of Topliss-reactive ketones (excluding diaryl/α,β-unsaturated/α-hetero) is 1. The predicted molar refractivity (Wildman–Crippen MR) is 129 cm³/mol. The molecule has 0 radical (unpaired) electrons. The van der Waals surface area contributed by atoms with Crippen LogP contribution in [0, 0.1) is 0 Å². The molecule has 0 aliphatic heterocycles. The first-order valence-corrected chi connectivity index (χ1v) is 11.4. The van der Waals surface area contributed by atoms with Crippen LogP contribution >= 0.6 is 0 Å². The first kappa shape index (κ1) is 27.0. The van der Waals surface area contributed by atoms with Crippen LogP contribution in [0.1, 0.15) is 49.7 Å². The Morgan fingerprint density at radius 3 is 1.61 bits per heavy atom. The lowest BCUT2D eigenvalue weighted by Gasteiger charge is -2.20. The highest BCUT2D eigenvalue weighted by Crippen LogP contribution is 2.17. The number of likely N-dealkylation sites (N-methyl/N-ethyl adjacent to an activating group) is 2. The maximum Gasteiger partial charge on any atom is 0.195 e. The second kappa shape index (κ2) is 16.6. The van der Waals surface area contributed by atoms with Crippen LogP contribution in [0.5, 0.6) is 0 Å². The number of benzene rings is 2. The third-order valence-corrected chi connectivity index (χ3v) is 5.31. The molecule has 172 valence electrons. The zero-order chi connectivity index (χ0) is 22.9. The Bertz CT molecular complexity index is 672. The molecular weight excluding hydrogens is 388 g/mol. The van der Waals surface area contributed by atoms with E-state index in [1.807, 2.05) is 12.1 Å². The number of hydrogen-bond donors (Lipinski definition) is 1. The van der Waals surface area contributed by atoms with Crippen molar-refractivity contribution in [3.63, 3.8) is 0 Å². The van der Waals surface area contributed by atoms with E-state index in [9.17, 15) is 9.90 Å². The lowest BCUT2D eigenvalue weighted by atomic mass is 10.0. The van der Waals surface area contributed by atoms with Crippen LogP contribution in [0.2, 0.25) is 0 Å². The number of ketones is 1. The number of hydrogen-bond acceptors (Lipinski definition) is 5. The van der Waals surface area contributed by atoms with E-state index in [1.54, 1.807) is 48.5 Å². The quantitative estimate of drug-likeness (QED) is 0.381. The van der Waals surface area contributed by atoms with Crippen molar-refractivity contribution in [2.24, 2.45) is 0 Å². The molecule has 0 spiro atoms. The zero-order valence-corrected chi connectivity index (χ0v) is 19.7. The van der Waals surface area contributed by atoms with E-state index in [2.05, 4.69) is 37.5 Å². The predicted octanol–water partition coefficient (Wildman–Crippen LogP) is 4.29. The summed E-state index contributed by atoms with van der Waals surface area (Å²) in [7, 11) is 0. The van der Waals surface area contributed by atoms with E-state index >= 15 is 0 Å². The smallest absolute Gasteiger partial charge is 0.195 e. The molecule has 0 amide bonds. The standard InChI is InChI=1S/C14H12O2.C12H28N2O/c15-13(11-7-3-1-4-8-11)14(16)12-9-5-2-6-10-12;1-5-13(6-2)9-11-15-12-10-14(7-3)8-4/h1-10,13,15H;5-12H2,1-4H3. The molecule has 2 aromatic rings. The highest BCUT2D eigenvalue weighted by molar-refractivity contribution is 5.99. The number of carbonyl (C=O) groups excluding carboxylic acids is 1. The van der Waals surface area contributed by atoms with Crippen molar-refractivity contribution >= 4 is 5.78 Å². The lowest BCUT2D eigenvalue weighted by Crippen LogP contribution is -2.30. The zero-order valence-electron chi connectivity index (χ0n) is 19.7. The lowest BCUT2D eigenvalue weighted by molar-refractivity contribution is 0.0747. The van der Waals surface area contributed by atoms with E-state index in [-0.39, 0.29) is 5.78 Å². The van der Waals surface area contributed by atoms with Crippen LogP contribution in [0.25, 0.3) is 0 Å². The van der Waals surface area contributed by atoms with Crippen LogP contribution < -0.4 is 0 Å². The number of rotatable bonds is 13. The molecule has 0 saturated carbocycles. The topological polar surface area (TPSA) is 53.0 Å². The van der Waals surface area contributed by atoms with Crippen molar-refractivity contribution in [1.29, 1.82) is 0 Å². The van der Waals surface area contributed by atoms with Gasteiger partial charge in [0.15, 0.2) is 5.78 Å². The highest BCUT2D eigenvalue weighted by Gasteiger charge is 2.18. The van der Waals surface area contributed by atoms with Gasteiger partial charge in [-0.1, -0.05) is 88.4 Å². The Hall–Kier alpha value is -2.05. The molecule has 0 aliphatic carbocycles. The maximum atomic E-state index is 11.9. The number of aliphatic hydroxyl groups excluding tert-OH is 1. The van der Waals surface area contributed by atoms with Crippen molar-refractivity contribution in [2.45, 2.75) is 33.8 Å². The van der Waals surface area contributed by atoms with Crippen molar-refractivity contribution in [3.8, 4) is 0 Å². The van der Waals surface area contributed by atoms with Gasteiger partial charge < -0.3 is 19.6 Å². The van der Waals surface area contributed by atoms with Gasteiger partial charge in [0.05, 0.1) is 13.2 Å². The molecule has 0 fully saturated rings. The summed E-state index contributed by atoms with van der Waals surface area (Å²) in [6.45, 7) is 17.1. The largest absolute Gasteiger partial charge is 0.380 e. The normalized spacial score (nSPS) is 11.8. The molecule has 5 nitrogen and oxygen atoms in total. The summed E-state index contributed by atoms with van der Waals surface area (Å²) in [5.41, 5.74) is 1.15. The summed E-state index contributed by atoms with van der Waals surface area (Å²) in [5, 5.41) is 9.89. The minimum absolute atomic E-state index is 0.271. The fourth-order valence-electron chi connectivity index (χ4n) is 3.12. The summed E-state index contributed by atoms with van der Waals surface area (Å²) in [6.07, 6.45) is -1.08. The summed E-state index contributed by atoms with van der Waals surface area (Å²) in [5.74, 6) is -0.271. The summed E-state index contributed by atoms with van der Waals surface area (Å²) < 4.78 is 5.62. The Kier molecular flexibility index (Phi) is 14.5. The van der Waals surface area contributed by atoms with Gasteiger partial charge in [-0.2, -0.15) is 0 Å². The molecule has 1 N–H and O–H groups in total. The van der Waals surface area contributed by atoms with Gasteiger partial charge in [-0.15, -0.1) is 0 Å². The molecule has 0 bridgehead atoms. The molecule has 0 heterocycles. The van der Waals surface area contributed by atoms with Crippen molar-refractivity contribution in [3.05, 3.63) is 71.8 Å². The Balaban J connectivity index is 0.000000311. The molecule has 1 atom stereocenters. The van der Waals surface area contributed by atoms with Crippen LogP contribution in [0.3, 0.4) is 0 Å². The van der Waals surface area contributed by atoms with Gasteiger partial charge >= 0.3 is 0 Å². The molecule has 1 unspecified atom stereocenters. The van der Waals surface area contributed by atoms with Gasteiger partial charge in [-0.05, 0) is 31.7 Å². The van der Waals surface area contributed by atoms with Crippen LogP contribution in [-0.2, 0) is 4.74 Å². The number of carbonyl (C=O) groups is 1. The van der Waals surface area contributed by atoms with E-state index in [0.29, 0.717) is 11.1 Å². The van der Waals surface area contributed by atoms with E-state index < -0.39 is 6.10 Å². The van der Waals surface area contributed by atoms with Crippen molar-refractivity contribution in [2.75, 3.05) is 52.5 Å². The summed E-state index contributed by atoms with van der Waals surface area (Å²) in [6, 6.07) is 17.7. The highest BCUT2D eigenvalue weighted by atomic mass is 16.5. The monoisotopic (exact) mass is 428 g/mol. The molecule has 0 aliphatic rings. The van der Waals surface area contributed by atoms with Crippen molar-refractivity contribution < 1.29 is 14.6 Å². The molecule has 5 heteroatoms. The van der Waals surface area contributed by atoms with Gasteiger partial charge in [0.25, 0.3) is 0 Å². The van der Waals surface area contributed by atoms with E-state index in [4.69, 9.17) is 4.74 Å². The Morgan fingerprint density at radius 2 is 1.19 bits per heavy atom. The second-order valence-electron chi connectivity index (χ2n) is 7.21. The summed E-state index contributed by atoms with van der Waals surface area (Å²) >= 11 is 0. The molecular formula is C26H40N2O3. The second-order valence-corrected chi connectivity index (χ2v) is 7.21. The van der Waals surface area contributed by atoms with Crippen LogP contribution in [0.15, 0.2) is 60.7 Å². The fraction of sp³-hybridized carbons (Fsp3) is 0.500. The van der Waals surface area contributed by atoms with E-state index in [0.717, 1.165) is 52.5 Å². The van der Waals surface area contributed by atoms with Gasteiger partial charge in [0.1, 0.15) is 6.10 Å². The summed E-state index contributed by atoms with van der Waals surface area (Å²) in [4.78, 5) is 16.7. The minimum Gasteiger partial charge on any atom is -0.380 e. The van der Waals surface area contributed by atoms with Gasteiger partial charge in [-0.3, -0.25) is 4.79 Å². The average Bonchev–Trinajstić information content (AvgIpc) is 2.84.